The largest absolute Gasteiger partial charge is 0.462 e. The molecule has 132 valence electrons. The van der Waals surface area contributed by atoms with Gasteiger partial charge in [0.15, 0.2) is 0 Å². The van der Waals surface area contributed by atoms with Crippen LogP contribution in [0.3, 0.4) is 0 Å². The van der Waals surface area contributed by atoms with Crippen molar-refractivity contribution in [2.45, 2.75) is 45.8 Å². The second-order valence-electron chi connectivity index (χ2n) is 6.16. The number of rotatable bonds is 5. The first kappa shape index (κ1) is 18.3. The van der Waals surface area contributed by atoms with E-state index < -0.39 is 0 Å². The normalized spacial score (nSPS) is 20.5. The number of amides is 2. The molecule has 1 heterocycles. The molecule has 0 saturated carbocycles. The number of nitrogens with one attached hydrogen (secondary N) is 1. The van der Waals surface area contributed by atoms with Crippen molar-refractivity contribution in [3.05, 3.63) is 29.8 Å². The Labute approximate surface area is 143 Å². The van der Waals surface area contributed by atoms with E-state index in [4.69, 9.17) is 9.47 Å². The summed E-state index contributed by atoms with van der Waals surface area (Å²) in [5.74, 6) is -0.336. The van der Waals surface area contributed by atoms with Crippen molar-refractivity contribution >= 4 is 17.7 Å². The standard InChI is InChI=1S/C18H26N2O4/c1-4-5-10-23-17(21)15-6-8-16(9-7-15)19-18(22)20-11-13(2)24-14(3)12-20/h6-9,13-14H,4-5,10-12H2,1-3H3,(H,19,22)/t13-,14-/m0/s1. The summed E-state index contributed by atoms with van der Waals surface area (Å²) in [5, 5.41) is 2.85. The monoisotopic (exact) mass is 334 g/mol. The van der Waals surface area contributed by atoms with Crippen LogP contribution in [-0.4, -0.2) is 48.8 Å². The maximum absolute atomic E-state index is 12.3. The fourth-order valence-corrected chi connectivity index (χ4v) is 2.63. The van der Waals surface area contributed by atoms with Crippen molar-refractivity contribution in [1.82, 2.24) is 4.90 Å². The van der Waals surface area contributed by atoms with E-state index in [2.05, 4.69) is 5.32 Å². The Morgan fingerprint density at radius 3 is 2.42 bits per heavy atom. The lowest BCUT2D eigenvalue weighted by atomic mass is 10.2. The highest BCUT2D eigenvalue weighted by Gasteiger charge is 2.25. The Kier molecular flexibility index (Phi) is 6.61. The second kappa shape index (κ2) is 8.68. The molecule has 0 spiro atoms. The van der Waals surface area contributed by atoms with E-state index in [0.29, 0.717) is 30.9 Å². The number of esters is 1. The van der Waals surface area contributed by atoms with Crippen LogP contribution < -0.4 is 5.32 Å². The predicted molar refractivity (Wildman–Crippen MR) is 92.2 cm³/mol. The molecule has 0 aliphatic carbocycles. The van der Waals surface area contributed by atoms with Crippen molar-refractivity contribution in [2.75, 3.05) is 25.0 Å². The second-order valence-corrected chi connectivity index (χ2v) is 6.16. The molecule has 6 nitrogen and oxygen atoms in total. The minimum Gasteiger partial charge on any atom is -0.462 e. The van der Waals surface area contributed by atoms with Crippen molar-refractivity contribution in [1.29, 1.82) is 0 Å². The van der Waals surface area contributed by atoms with Gasteiger partial charge < -0.3 is 19.7 Å². The molecule has 1 fully saturated rings. The minimum atomic E-state index is -0.336. The Hall–Kier alpha value is -2.08. The highest BCUT2D eigenvalue weighted by atomic mass is 16.5. The molecular weight excluding hydrogens is 308 g/mol. The third kappa shape index (κ3) is 5.23. The quantitative estimate of drug-likeness (QED) is 0.663. The zero-order chi connectivity index (χ0) is 17.5. The number of hydrogen-bond donors (Lipinski definition) is 1. The Bertz CT molecular complexity index is 549. The topological polar surface area (TPSA) is 67.9 Å². The summed E-state index contributed by atoms with van der Waals surface area (Å²) < 4.78 is 10.8. The van der Waals surface area contributed by atoms with E-state index in [1.54, 1.807) is 29.2 Å². The van der Waals surface area contributed by atoms with Crippen LogP contribution in [0.2, 0.25) is 0 Å². The summed E-state index contributed by atoms with van der Waals surface area (Å²) in [6, 6.07) is 6.59. The fourth-order valence-electron chi connectivity index (χ4n) is 2.63. The van der Waals surface area contributed by atoms with E-state index >= 15 is 0 Å². The van der Waals surface area contributed by atoms with E-state index in [9.17, 15) is 9.59 Å². The van der Waals surface area contributed by atoms with E-state index in [1.165, 1.54) is 0 Å². The van der Waals surface area contributed by atoms with Gasteiger partial charge in [-0.2, -0.15) is 0 Å². The molecule has 2 amide bonds. The minimum absolute atomic E-state index is 0.0276. The zero-order valence-electron chi connectivity index (χ0n) is 14.6. The van der Waals surface area contributed by atoms with Gasteiger partial charge >= 0.3 is 12.0 Å². The number of morpholine rings is 1. The van der Waals surface area contributed by atoms with Gasteiger partial charge in [0.25, 0.3) is 0 Å². The van der Waals surface area contributed by atoms with Gasteiger partial charge in [0.2, 0.25) is 0 Å². The van der Waals surface area contributed by atoms with Gasteiger partial charge in [-0.25, -0.2) is 9.59 Å². The molecule has 1 saturated heterocycles. The molecule has 0 unspecified atom stereocenters. The first-order chi connectivity index (χ1) is 11.5. The number of nitrogens with zero attached hydrogens (tertiary/aromatic N) is 1. The van der Waals surface area contributed by atoms with Crippen molar-refractivity contribution in [3.63, 3.8) is 0 Å². The molecular formula is C18H26N2O4. The van der Waals surface area contributed by atoms with Gasteiger partial charge in [-0.05, 0) is 44.5 Å². The molecule has 6 heteroatoms. The van der Waals surface area contributed by atoms with Gasteiger partial charge in [0.1, 0.15) is 0 Å². The summed E-state index contributed by atoms with van der Waals surface area (Å²) in [6.45, 7) is 7.52. The summed E-state index contributed by atoms with van der Waals surface area (Å²) in [6.07, 6.45) is 1.90. The highest BCUT2D eigenvalue weighted by Crippen LogP contribution is 2.15. The van der Waals surface area contributed by atoms with Crippen molar-refractivity contribution < 1.29 is 19.1 Å². The Morgan fingerprint density at radius 2 is 1.83 bits per heavy atom. The van der Waals surface area contributed by atoms with Crippen LogP contribution in [0.1, 0.15) is 44.0 Å². The zero-order valence-corrected chi connectivity index (χ0v) is 14.6. The fraction of sp³-hybridized carbons (Fsp3) is 0.556. The summed E-state index contributed by atoms with van der Waals surface area (Å²) in [5.41, 5.74) is 1.13. The SMILES string of the molecule is CCCCOC(=O)c1ccc(NC(=O)N2C[C@H](C)O[C@@H](C)C2)cc1. The number of urea groups is 1. The van der Waals surface area contributed by atoms with Crippen LogP contribution in [0.25, 0.3) is 0 Å². The van der Waals surface area contributed by atoms with Crippen molar-refractivity contribution in [3.8, 4) is 0 Å². The lowest BCUT2D eigenvalue weighted by molar-refractivity contribution is -0.0530. The van der Waals surface area contributed by atoms with E-state index in [1.807, 2.05) is 20.8 Å². The number of unbranched alkanes of at least 4 members (excludes halogenated alkanes) is 1. The number of carbonyl (C=O) groups is 2. The predicted octanol–water partition coefficient (Wildman–Crippen LogP) is 3.28. The van der Waals surface area contributed by atoms with E-state index in [-0.39, 0.29) is 24.2 Å². The van der Waals surface area contributed by atoms with Gasteiger partial charge in [-0.15, -0.1) is 0 Å². The average molecular weight is 334 g/mol. The summed E-state index contributed by atoms with van der Waals surface area (Å²) >= 11 is 0. The van der Waals surface area contributed by atoms with Crippen LogP contribution in [0.15, 0.2) is 24.3 Å². The third-order valence-electron chi connectivity index (χ3n) is 3.81. The molecule has 2 atom stereocenters. The maximum Gasteiger partial charge on any atom is 0.338 e. The lowest BCUT2D eigenvalue weighted by Crippen LogP contribution is -2.49. The molecule has 1 aromatic rings. The van der Waals surface area contributed by atoms with Crippen molar-refractivity contribution in [2.24, 2.45) is 0 Å². The number of ether oxygens (including phenoxy) is 2. The van der Waals surface area contributed by atoms with Crippen LogP contribution in [0, 0.1) is 0 Å². The Morgan fingerprint density at radius 1 is 1.21 bits per heavy atom. The Balaban J connectivity index is 1.89. The van der Waals surface area contributed by atoms with Gasteiger partial charge in [-0.1, -0.05) is 13.3 Å². The number of hydrogen-bond acceptors (Lipinski definition) is 4. The molecule has 1 N–H and O–H groups in total. The molecule has 0 radical (unpaired) electrons. The number of anilines is 1. The summed E-state index contributed by atoms with van der Waals surface area (Å²) in [7, 11) is 0. The van der Waals surface area contributed by atoms with Crippen LogP contribution in [0.5, 0.6) is 0 Å². The highest BCUT2D eigenvalue weighted by molar-refractivity contribution is 5.92. The molecule has 24 heavy (non-hydrogen) atoms. The van der Waals surface area contributed by atoms with Crippen LogP contribution in [0.4, 0.5) is 10.5 Å². The smallest absolute Gasteiger partial charge is 0.338 e. The number of carbonyl (C=O) groups excluding carboxylic acids is 2. The third-order valence-corrected chi connectivity index (χ3v) is 3.81. The molecule has 2 rings (SSSR count). The van der Waals surface area contributed by atoms with E-state index in [0.717, 1.165) is 12.8 Å². The molecule has 1 aromatic carbocycles. The first-order valence-corrected chi connectivity index (χ1v) is 8.48. The molecule has 0 aromatic heterocycles. The lowest BCUT2D eigenvalue weighted by Gasteiger charge is -2.35. The first-order valence-electron chi connectivity index (χ1n) is 8.48. The van der Waals surface area contributed by atoms with Crippen LogP contribution >= 0.6 is 0 Å². The maximum atomic E-state index is 12.3. The summed E-state index contributed by atoms with van der Waals surface area (Å²) in [4.78, 5) is 25.9. The molecule has 1 aliphatic heterocycles. The van der Waals surface area contributed by atoms with Gasteiger partial charge in [-0.3, -0.25) is 0 Å². The molecule has 0 bridgehead atoms. The molecule has 1 aliphatic rings. The van der Waals surface area contributed by atoms with Crippen LogP contribution in [-0.2, 0) is 9.47 Å². The average Bonchev–Trinajstić information content (AvgIpc) is 2.54. The number of benzene rings is 1. The van der Waals surface area contributed by atoms with Gasteiger partial charge in [0.05, 0.1) is 24.4 Å². The van der Waals surface area contributed by atoms with Gasteiger partial charge in [0, 0.05) is 18.8 Å².